The summed E-state index contributed by atoms with van der Waals surface area (Å²) in [5, 5.41) is 0. The predicted molar refractivity (Wildman–Crippen MR) is 72.8 cm³/mol. The van der Waals surface area contributed by atoms with Crippen LogP contribution in [0.4, 0.5) is 0 Å². The summed E-state index contributed by atoms with van der Waals surface area (Å²) in [7, 11) is 0. The van der Waals surface area contributed by atoms with Crippen LogP contribution in [0.5, 0.6) is 5.75 Å². The minimum atomic E-state index is 0.307. The number of para-hydroxylation sites is 1. The Bertz CT molecular complexity index is 396. The molecule has 0 amide bonds. The van der Waals surface area contributed by atoms with Gasteiger partial charge in [-0.3, -0.25) is 4.90 Å². The van der Waals surface area contributed by atoms with Crippen LogP contribution < -0.4 is 10.5 Å². The number of nitrogens with two attached hydrogens (primary N) is 1. The van der Waals surface area contributed by atoms with Gasteiger partial charge in [-0.25, -0.2) is 0 Å². The van der Waals surface area contributed by atoms with Crippen molar-refractivity contribution in [1.29, 1.82) is 0 Å². The fourth-order valence-corrected chi connectivity index (χ4v) is 3.31. The molecule has 0 radical (unpaired) electrons. The lowest BCUT2D eigenvalue weighted by atomic mass is 10.0. The highest BCUT2D eigenvalue weighted by molar-refractivity contribution is 5.37. The van der Waals surface area contributed by atoms with Crippen molar-refractivity contribution >= 4 is 0 Å². The molecule has 3 heteroatoms. The first-order chi connectivity index (χ1) is 8.78. The Morgan fingerprint density at radius 1 is 1.39 bits per heavy atom. The maximum Gasteiger partial charge on any atom is 0.123 e. The third-order valence-electron chi connectivity index (χ3n) is 4.39. The van der Waals surface area contributed by atoms with E-state index in [9.17, 15) is 0 Å². The molecule has 2 aliphatic heterocycles. The summed E-state index contributed by atoms with van der Waals surface area (Å²) in [5.41, 5.74) is 7.24. The van der Waals surface area contributed by atoms with Crippen molar-refractivity contribution in [2.75, 3.05) is 19.6 Å². The van der Waals surface area contributed by atoms with E-state index in [-0.39, 0.29) is 0 Å². The fraction of sp³-hybridized carbons (Fsp3) is 0.600. The van der Waals surface area contributed by atoms with Gasteiger partial charge in [-0.05, 0) is 30.5 Å². The Hall–Kier alpha value is -1.06. The van der Waals surface area contributed by atoms with Gasteiger partial charge in [0, 0.05) is 25.6 Å². The minimum Gasteiger partial charge on any atom is -0.488 e. The number of ether oxygens (including phenoxy) is 1. The second-order valence-corrected chi connectivity index (χ2v) is 5.62. The molecule has 1 aromatic carbocycles. The number of nitrogens with zero attached hydrogens (tertiary/aromatic N) is 1. The molecule has 3 atom stereocenters. The van der Waals surface area contributed by atoms with Crippen LogP contribution in [0, 0.1) is 5.92 Å². The predicted octanol–water partition coefficient (Wildman–Crippen LogP) is 1.66. The molecule has 1 fully saturated rings. The first-order valence-electron chi connectivity index (χ1n) is 6.96. The molecule has 0 aliphatic carbocycles. The Balaban J connectivity index is 1.63. The molecule has 1 aromatic rings. The molecule has 18 heavy (non-hydrogen) atoms. The zero-order chi connectivity index (χ0) is 12.5. The van der Waals surface area contributed by atoms with Crippen LogP contribution in [0.1, 0.15) is 18.9 Å². The van der Waals surface area contributed by atoms with E-state index in [4.69, 9.17) is 10.5 Å². The second kappa shape index (κ2) is 4.90. The van der Waals surface area contributed by atoms with Gasteiger partial charge in [-0.1, -0.05) is 25.1 Å². The average Bonchev–Trinajstić information content (AvgIpc) is 2.93. The molecule has 0 saturated carbocycles. The lowest BCUT2D eigenvalue weighted by Gasteiger charge is -2.27. The summed E-state index contributed by atoms with van der Waals surface area (Å²) < 4.78 is 6.01. The van der Waals surface area contributed by atoms with E-state index in [1.54, 1.807) is 0 Å². The van der Waals surface area contributed by atoms with Crippen molar-refractivity contribution in [3.8, 4) is 5.75 Å². The SMILES string of the molecule is CC1CCN(CC2Cc3ccccc3O2)C1CN. The molecule has 2 aliphatic rings. The van der Waals surface area contributed by atoms with E-state index in [1.807, 2.05) is 6.07 Å². The molecule has 0 bridgehead atoms. The number of hydrogen-bond acceptors (Lipinski definition) is 3. The molecule has 2 heterocycles. The van der Waals surface area contributed by atoms with Crippen LogP contribution in [0.15, 0.2) is 24.3 Å². The molecular weight excluding hydrogens is 224 g/mol. The highest BCUT2D eigenvalue weighted by atomic mass is 16.5. The second-order valence-electron chi connectivity index (χ2n) is 5.62. The fourth-order valence-electron chi connectivity index (χ4n) is 3.31. The minimum absolute atomic E-state index is 0.307. The molecule has 1 saturated heterocycles. The maximum absolute atomic E-state index is 6.01. The van der Waals surface area contributed by atoms with Gasteiger partial charge in [0.05, 0.1) is 0 Å². The zero-order valence-electron chi connectivity index (χ0n) is 11.0. The lowest BCUT2D eigenvalue weighted by molar-refractivity contribution is 0.136. The summed E-state index contributed by atoms with van der Waals surface area (Å²) in [6.45, 7) is 5.25. The van der Waals surface area contributed by atoms with Gasteiger partial charge in [-0.2, -0.15) is 0 Å². The monoisotopic (exact) mass is 246 g/mol. The van der Waals surface area contributed by atoms with Gasteiger partial charge in [0.1, 0.15) is 11.9 Å². The number of fused-ring (bicyclic) bond motifs is 1. The topological polar surface area (TPSA) is 38.5 Å². The number of hydrogen-bond donors (Lipinski definition) is 1. The Labute approximate surface area is 109 Å². The zero-order valence-corrected chi connectivity index (χ0v) is 11.0. The van der Waals surface area contributed by atoms with E-state index in [0.29, 0.717) is 12.1 Å². The van der Waals surface area contributed by atoms with Crippen LogP contribution in [-0.4, -0.2) is 36.7 Å². The van der Waals surface area contributed by atoms with Crippen LogP contribution in [0.2, 0.25) is 0 Å². The number of benzene rings is 1. The van der Waals surface area contributed by atoms with Crippen molar-refractivity contribution in [2.45, 2.75) is 31.9 Å². The third-order valence-corrected chi connectivity index (χ3v) is 4.39. The van der Waals surface area contributed by atoms with E-state index in [0.717, 1.165) is 31.2 Å². The Kier molecular flexibility index (Phi) is 3.27. The summed E-state index contributed by atoms with van der Waals surface area (Å²) in [4.78, 5) is 2.52. The van der Waals surface area contributed by atoms with Gasteiger partial charge in [-0.15, -0.1) is 0 Å². The molecule has 0 spiro atoms. The van der Waals surface area contributed by atoms with Gasteiger partial charge >= 0.3 is 0 Å². The first-order valence-corrected chi connectivity index (χ1v) is 6.96. The van der Waals surface area contributed by atoms with Gasteiger partial charge in [0.15, 0.2) is 0 Å². The van der Waals surface area contributed by atoms with Crippen molar-refractivity contribution in [3.63, 3.8) is 0 Å². The van der Waals surface area contributed by atoms with Crippen LogP contribution in [-0.2, 0) is 6.42 Å². The van der Waals surface area contributed by atoms with Gasteiger partial charge in [0.2, 0.25) is 0 Å². The number of likely N-dealkylation sites (tertiary alicyclic amines) is 1. The molecule has 0 aromatic heterocycles. The normalized spacial score (nSPS) is 31.3. The summed E-state index contributed by atoms with van der Waals surface area (Å²) in [6, 6.07) is 8.91. The summed E-state index contributed by atoms with van der Waals surface area (Å²) in [5.74, 6) is 1.79. The first kappa shape index (κ1) is 12.0. The Morgan fingerprint density at radius 2 is 2.22 bits per heavy atom. The van der Waals surface area contributed by atoms with Crippen molar-refractivity contribution in [3.05, 3.63) is 29.8 Å². The van der Waals surface area contributed by atoms with Gasteiger partial charge < -0.3 is 10.5 Å². The molecule has 3 rings (SSSR count). The standard InChI is InChI=1S/C15H22N2O/c1-11-6-7-17(14(11)9-16)10-13-8-12-4-2-3-5-15(12)18-13/h2-5,11,13-14H,6-10,16H2,1H3. The van der Waals surface area contributed by atoms with Crippen molar-refractivity contribution < 1.29 is 4.74 Å². The molecule has 3 unspecified atom stereocenters. The van der Waals surface area contributed by atoms with Crippen molar-refractivity contribution in [1.82, 2.24) is 4.90 Å². The van der Waals surface area contributed by atoms with Gasteiger partial charge in [0.25, 0.3) is 0 Å². The van der Waals surface area contributed by atoms with E-state index in [2.05, 4.69) is 30.0 Å². The quantitative estimate of drug-likeness (QED) is 0.881. The molecule has 2 N–H and O–H groups in total. The highest BCUT2D eigenvalue weighted by Gasteiger charge is 2.33. The lowest BCUT2D eigenvalue weighted by Crippen LogP contribution is -2.43. The largest absolute Gasteiger partial charge is 0.488 e. The van der Waals surface area contributed by atoms with Crippen LogP contribution in [0.3, 0.4) is 0 Å². The van der Waals surface area contributed by atoms with Crippen LogP contribution >= 0.6 is 0 Å². The average molecular weight is 246 g/mol. The Morgan fingerprint density at radius 3 is 3.00 bits per heavy atom. The molecule has 3 nitrogen and oxygen atoms in total. The smallest absolute Gasteiger partial charge is 0.123 e. The van der Waals surface area contributed by atoms with E-state index < -0.39 is 0 Å². The third kappa shape index (κ3) is 2.13. The van der Waals surface area contributed by atoms with E-state index >= 15 is 0 Å². The maximum atomic E-state index is 6.01. The van der Waals surface area contributed by atoms with Crippen molar-refractivity contribution in [2.24, 2.45) is 11.7 Å². The van der Waals surface area contributed by atoms with Crippen LogP contribution in [0.25, 0.3) is 0 Å². The molecule has 98 valence electrons. The van der Waals surface area contributed by atoms with E-state index in [1.165, 1.54) is 18.5 Å². The number of rotatable bonds is 3. The molecular formula is C15H22N2O. The highest BCUT2D eigenvalue weighted by Crippen LogP contribution is 2.30. The summed E-state index contributed by atoms with van der Waals surface area (Å²) >= 11 is 0. The summed E-state index contributed by atoms with van der Waals surface area (Å²) in [6.07, 6.45) is 2.61.